The van der Waals surface area contributed by atoms with Crippen molar-refractivity contribution in [2.45, 2.75) is 31.0 Å². The second kappa shape index (κ2) is 7.40. The maximum atomic E-state index is 11.8. The smallest absolute Gasteiger partial charge is 0.220 e. The molecule has 23 heavy (non-hydrogen) atoms. The number of aliphatic hydroxyl groups is 1. The van der Waals surface area contributed by atoms with Crippen molar-refractivity contribution in [1.29, 1.82) is 0 Å². The summed E-state index contributed by atoms with van der Waals surface area (Å²) in [6, 6.07) is 19.7. The Morgan fingerprint density at radius 3 is 2.43 bits per heavy atom. The topological polar surface area (TPSA) is 61.4 Å². The molecule has 0 radical (unpaired) electrons. The average molecular weight is 310 g/mol. The van der Waals surface area contributed by atoms with Gasteiger partial charge in [-0.2, -0.15) is 0 Å². The van der Waals surface area contributed by atoms with E-state index in [2.05, 4.69) is 10.6 Å². The summed E-state index contributed by atoms with van der Waals surface area (Å²) in [5, 5.41) is 16.8. The molecule has 1 aliphatic heterocycles. The molecular formula is C19H22N2O2. The molecule has 3 atom stereocenters. The average Bonchev–Trinajstić information content (AvgIpc) is 2.62. The van der Waals surface area contributed by atoms with Gasteiger partial charge in [-0.3, -0.25) is 4.79 Å². The van der Waals surface area contributed by atoms with Crippen LogP contribution in [-0.2, 0) is 4.79 Å². The van der Waals surface area contributed by atoms with Crippen molar-refractivity contribution >= 4 is 5.91 Å². The Morgan fingerprint density at radius 2 is 1.74 bits per heavy atom. The minimum atomic E-state index is -0.551. The number of nitrogens with one attached hydrogen (secondary N) is 2. The van der Waals surface area contributed by atoms with E-state index in [1.807, 2.05) is 60.7 Å². The molecular weight excluding hydrogens is 288 g/mol. The van der Waals surface area contributed by atoms with E-state index in [1.165, 1.54) is 0 Å². The number of carbonyl (C=O) groups excluding carboxylic acids is 1. The van der Waals surface area contributed by atoms with E-state index < -0.39 is 6.10 Å². The quantitative estimate of drug-likeness (QED) is 0.794. The second-order valence-corrected chi connectivity index (χ2v) is 5.94. The Morgan fingerprint density at radius 1 is 1.09 bits per heavy atom. The molecule has 1 fully saturated rings. The van der Waals surface area contributed by atoms with Gasteiger partial charge in [-0.1, -0.05) is 60.7 Å². The van der Waals surface area contributed by atoms with Crippen LogP contribution in [0.1, 0.15) is 36.1 Å². The van der Waals surface area contributed by atoms with Crippen LogP contribution in [0.2, 0.25) is 0 Å². The maximum Gasteiger partial charge on any atom is 0.220 e. The van der Waals surface area contributed by atoms with Gasteiger partial charge in [-0.25, -0.2) is 0 Å². The second-order valence-electron chi connectivity index (χ2n) is 5.94. The van der Waals surface area contributed by atoms with Gasteiger partial charge in [0.25, 0.3) is 0 Å². The standard InChI is InChI=1S/C19H22N2O2/c22-17(14-7-3-1-4-8-14)13-20-16-11-12-18(23)21-19(16)15-9-5-2-6-10-15/h1-10,16-17,19-20,22H,11-13H2,(H,21,23)/t16-,17+,19+/m1/s1. The van der Waals surface area contributed by atoms with Gasteiger partial charge < -0.3 is 15.7 Å². The number of amides is 1. The molecule has 0 aliphatic carbocycles. The van der Waals surface area contributed by atoms with Gasteiger partial charge in [0.1, 0.15) is 0 Å². The fourth-order valence-corrected chi connectivity index (χ4v) is 3.05. The zero-order valence-corrected chi connectivity index (χ0v) is 13.0. The van der Waals surface area contributed by atoms with Crippen molar-refractivity contribution in [3.63, 3.8) is 0 Å². The number of piperidine rings is 1. The van der Waals surface area contributed by atoms with Crippen LogP contribution >= 0.6 is 0 Å². The van der Waals surface area contributed by atoms with Gasteiger partial charge in [-0.05, 0) is 17.5 Å². The first-order valence-corrected chi connectivity index (χ1v) is 8.05. The third-order valence-electron chi connectivity index (χ3n) is 4.32. The molecule has 2 aromatic rings. The molecule has 0 spiro atoms. The van der Waals surface area contributed by atoms with Crippen LogP contribution in [-0.4, -0.2) is 23.6 Å². The van der Waals surface area contributed by atoms with Gasteiger partial charge in [0.2, 0.25) is 5.91 Å². The molecule has 3 rings (SSSR count). The summed E-state index contributed by atoms with van der Waals surface area (Å²) in [6.07, 6.45) is 0.736. The summed E-state index contributed by atoms with van der Waals surface area (Å²) in [6.45, 7) is 0.466. The van der Waals surface area contributed by atoms with Gasteiger partial charge in [0.15, 0.2) is 0 Å². The monoisotopic (exact) mass is 310 g/mol. The van der Waals surface area contributed by atoms with Crippen LogP contribution in [0, 0.1) is 0 Å². The Labute approximate surface area is 136 Å². The first kappa shape index (κ1) is 15.7. The number of rotatable bonds is 5. The largest absolute Gasteiger partial charge is 0.387 e. The van der Waals surface area contributed by atoms with Crippen molar-refractivity contribution in [1.82, 2.24) is 10.6 Å². The van der Waals surface area contributed by atoms with Crippen LogP contribution in [0.25, 0.3) is 0 Å². The van der Waals surface area contributed by atoms with Crippen molar-refractivity contribution in [2.75, 3.05) is 6.54 Å². The summed E-state index contributed by atoms with van der Waals surface area (Å²) in [5.74, 6) is 0.0838. The molecule has 0 saturated carbocycles. The van der Waals surface area contributed by atoms with E-state index in [0.29, 0.717) is 13.0 Å². The summed E-state index contributed by atoms with van der Waals surface area (Å²) in [4.78, 5) is 11.8. The molecule has 120 valence electrons. The van der Waals surface area contributed by atoms with Gasteiger partial charge >= 0.3 is 0 Å². The summed E-state index contributed by atoms with van der Waals surface area (Å²) >= 11 is 0. The highest BCUT2D eigenvalue weighted by atomic mass is 16.3. The van der Waals surface area contributed by atoms with E-state index in [0.717, 1.165) is 17.5 Å². The van der Waals surface area contributed by atoms with Crippen molar-refractivity contribution < 1.29 is 9.90 Å². The molecule has 1 aliphatic rings. The van der Waals surface area contributed by atoms with Crippen molar-refractivity contribution in [3.05, 3.63) is 71.8 Å². The minimum Gasteiger partial charge on any atom is -0.387 e. The molecule has 2 aromatic carbocycles. The van der Waals surface area contributed by atoms with Crippen LogP contribution in [0.5, 0.6) is 0 Å². The fourth-order valence-electron chi connectivity index (χ4n) is 3.05. The van der Waals surface area contributed by atoms with E-state index in [9.17, 15) is 9.90 Å². The predicted octanol–water partition coefficient (Wildman–Crippen LogP) is 2.33. The van der Waals surface area contributed by atoms with Gasteiger partial charge in [-0.15, -0.1) is 0 Å². The number of hydrogen-bond donors (Lipinski definition) is 3. The van der Waals surface area contributed by atoms with Crippen LogP contribution < -0.4 is 10.6 Å². The number of benzene rings is 2. The summed E-state index contributed by atoms with van der Waals surface area (Å²) < 4.78 is 0. The molecule has 1 heterocycles. The van der Waals surface area contributed by atoms with E-state index in [-0.39, 0.29) is 18.0 Å². The predicted molar refractivity (Wildman–Crippen MR) is 89.8 cm³/mol. The van der Waals surface area contributed by atoms with E-state index >= 15 is 0 Å². The van der Waals surface area contributed by atoms with E-state index in [1.54, 1.807) is 0 Å². The molecule has 4 nitrogen and oxygen atoms in total. The third kappa shape index (κ3) is 3.97. The summed E-state index contributed by atoms with van der Waals surface area (Å²) in [5.41, 5.74) is 1.99. The lowest BCUT2D eigenvalue weighted by atomic mass is 9.91. The lowest BCUT2D eigenvalue weighted by molar-refractivity contribution is -0.123. The lowest BCUT2D eigenvalue weighted by Crippen LogP contribution is -2.49. The first-order chi connectivity index (χ1) is 11.2. The van der Waals surface area contributed by atoms with Gasteiger partial charge in [0, 0.05) is 19.0 Å². The lowest BCUT2D eigenvalue weighted by Gasteiger charge is -2.34. The molecule has 1 saturated heterocycles. The van der Waals surface area contributed by atoms with Crippen molar-refractivity contribution in [3.8, 4) is 0 Å². The SMILES string of the molecule is O=C1CC[C@@H](NC[C@H](O)c2ccccc2)[C@H](c2ccccc2)N1. The first-order valence-electron chi connectivity index (χ1n) is 8.05. The molecule has 4 heteroatoms. The summed E-state index contributed by atoms with van der Waals surface area (Å²) in [7, 11) is 0. The number of carbonyl (C=O) groups is 1. The zero-order valence-electron chi connectivity index (χ0n) is 13.0. The van der Waals surface area contributed by atoms with Crippen LogP contribution in [0.4, 0.5) is 0 Å². The Bertz CT molecular complexity index is 630. The molecule has 0 unspecified atom stereocenters. The minimum absolute atomic E-state index is 0.0552. The number of hydrogen-bond acceptors (Lipinski definition) is 3. The number of aliphatic hydroxyl groups excluding tert-OH is 1. The normalized spacial score (nSPS) is 22.4. The van der Waals surface area contributed by atoms with Crippen LogP contribution in [0.3, 0.4) is 0 Å². The third-order valence-corrected chi connectivity index (χ3v) is 4.32. The molecule has 0 aromatic heterocycles. The Balaban J connectivity index is 1.66. The highest BCUT2D eigenvalue weighted by Gasteiger charge is 2.29. The highest BCUT2D eigenvalue weighted by Crippen LogP contribution is 2.24. The maximum absolute atomic E-state index is 11.8. The highest BCUT2D eigenvalue weighted by molar-refractivity contribution is 5.77. The van der Waals surface area contributed by atoms with Gasteiger partial charge in [0.05, 0.1) is 12.1 Å². The van der Waals surface area contributed by atoms with Crippen molar-refractivity contribution in [2.24, 2.45) is 0 Å². The zero-order chi connectivity index (χ0) is 16.1. The molecule has 1 amide bonds. The van der Waals surface area contributed by atoms with E-state index in [4.69, 9.17) is 0 Å². The van der Waals surface area contributed by atoms with Crippen LogP contribution in [0.15, 0.2) is 60.7 Å². The molecule has 0 bridgehead atoms. The Hall–Kier alpha value is -2.17. The Kier molecular flexibility index (Phi) is 5.05. The fraction of sp³-hybridized carbons (Fsp3) is 0.316. The molecule has 3 N–H and O–H groups in total.